The molecular formula is C22H29N4O3+. The maximum Gasteiger partial charge on any atom is 0.279 e. The zero-order valence-corrected chi connectivity index (χ0v) is 17.1. The maximum absolute atomic E-state index is 12.4. The number of benzene rings is 2. The summed E-state index contributed by atoms with van der Waals surface area (Å²) in [6, 6.07) is 14.8. The second-order valence-electron chi connectivity index (χ2n) is 7.67. The first-order valence-corrected chi connectivity index (χ1v) is 10.2. The number of piperazine rings is 1. The van der Waals surface area contributed by atoms with Gasteiger partial charge in [-0.3, -0.25) is 14.9 Å². The lowest BCUT2D eigenvalue weighted by atomic mass is 9.99. The predicted molar refractivity (Wildman–Crippen MR) is 115 cm³/mol. The fourth-order valence-electron chi connectivity index (χ4n) is 3.61. The van der Waals surface area contributed by atoms with E-state index in [2.05, 4.69) is 36.2 Å². The van der Waals surface area contributed by atoms with Crippen molar-refractivity contribution in [1.82, 2.24) is 0 Å². The summed E-state index contributed by atoms with van der Waals surface area (Å²) in [6.07, 6.45) is 1.10. The van der Waals surface area contributed by atoms with Crippen LogP contribution < -0.4 is 15.1 Å². The van der Waals surface area contributed by atoms with Gasteiger partial charge in [0.2, 0.25) is 0 Å². The molecule has 1 saturated heterocycles. The van der Waals surface area contributed by atoms with Crippen molar-refractivity contribution >= 4 is 23.0 Å². The summed E-state index contributed by atoms with van der Waals surface area (Å²) in [6.45, 7) is 8.18. The number of hydrogen-bond donors (Lipinski definition) is 2. The molecule has 1 heterocycles. The third-order valence-corrected chi connectivity index (χ3v) is 5.68. The monoisotopic (exact) mass is 397 g/mol. The van der Waals surface area contributed by atoms with Crippen molar-refractivity contribution in [2.24, 2.45) is 0 Å². The minimum Gasteiger partial charge on any atom is -0.360 e. The van der Waals surface area contributed by atoms with Crippen molar-refractivity contribution in [2.45, 2.75) is 26.2 Å². The lowest BCUT2D eigenvalue weighted by Crippen LogP contribution is -3.15. The zero-order chi connectivity index (χ0) is 20.8. The Morgan fingerprint density at radius 3 is 2.31 bits per heavy atom. The molecule has 1 atom stereocenters. The van der Waals surface area contributed by atoms with Gasteiger partial charge in [0.25, 0.3) is 11.6 Å². The smallest absolute Gasteiger partial charge is 0.279 e. The van der Waals surface area contributed by atoms with Gasteiger partial charge in [0, 0.05) is 23.5 Å². The Labute approximate surface area is 171 Å². The van der Waals surface area contributed by atoms with Crippen LogP contribution in [0.25, 0.3) is 0 Å². The number of nitrogens with zero attached hydrogens (tertiary/aromatic N) is 2. The van der Waals surface area contributed by atoms with Gasteiger partial charge in [0.15, 0.2) is 6.54 Å². The van der Waals surface area contributed by atoms with E-state index in [1.807, 2.05) is 12.1 Å². The van der Waals surface area contributed by atoms with Gasteiger partial charge >= 0.3 is 0 Å². The van der Waals surface area contributed by atoms with Crippen LogP contribution in [-0.2, 0) is 4.79 Å². The van der Waals surface area contributed by atoms with Gasteiger partial charge in [0.05, 0.1) is 31.1 Å². The van der Waals surface area contributed by atoms with E-state index in [-0.39, 0.29) is 16.5 Å². The molecule has 2 aromatic rings. The lowest BCUT2D eigenvalue weighted by Gasteiger charge is -2.33. The summed E-state index contributed by atoms with van der Waals surface area (Å²) in [5.41, 5.74) is 3.22. The summed E-state index contributed by atoms with van der Waals surface area (Å²) >= 11 is 0. The third-order valence-electron chi connectivity index (χ3n) is 5.68. The molecule has 154 valence electrons. The summed E-state index contributed by atoms with van der Waals surface area (Å²) in [7, 11) is 0. The molecule has 2 aromatic carbocycles. The van der Waals surface area contributed by atoms with Gasteiger partial charge < -0.3 is 15.1 Å². The second kappa shape index (κ2) is 9.52. The summed E-state index contributed by atoms with van der Waals surface area (Å²) in [5.74, 6) is 0.552. The first-order valence-electron chi connectivity index (χ1n) is 10.2. The van der Waals surface area contributed by atoms with Gasteiger partial charge in [-0.15, -0.1) is 0 Å². The molecule has 1 fully saturated rings. The van der Waals surface area contributed by atoms with Crippen molar-refractivity contribution < 1.29 is 14.6 Å². The number of non-ortho nitro benzene ring substituents is 1. The van der Waals surface area contributed by atoms with E-state index < -0.39 is 0 Å². The molecule has 0 bridgehead atoms. The normalized spacial score (nSPS) is 15.7. The number of carbonyl (C=O) groups is 1. The predicted octanol–water partition coefficient (Wildman–Crippen LogP) is 2.45. The molecule has 1 amide bonds. The highest BCUT2D eigenvalue weighted by Gasteiger charge is 2.22. The molecule has 7 nitrogen and oxygen atoms in total. The number of hydrogen-bond acceptors (Lipinski definition) is 4. The van der Waals surface area contributed by atoms with E-state index >= 15 is 0 Å². The molecule has 0 aliphatic carbocycles. The number of nitro benzene ring substituents is 1. The van der Waals surface area contributed by atoms with Gasteiger partial charge in [-0.25, -0.2) is 0 Å². The molecule has 1 aliphatic rings. The number of nitrogens with one attached hydrogen (secondary N) is 2. The van der Waals surface area contributed by atoms with Gasteiger partial charge in [-0.05, 0) is 42.2 Å². The quantitative estimate of drug-likeness (QED) is 0.556. The number of anilines is 2. The summed E-state index contributed by atoms with van der Waals surface area (Å²) in [5, 5.41) is 13.8. The van der Waals surface area contributed by atoms with E-state index in [1.165, 1.54) is 22.6 Å². The highest BCUT2D eigenvalue weighted by molar-refractivity contribution is 5.91. The molecule has 29 heavy (non-hydrogen) atoms. The molecule has 0 spiro atoms. The number of nitro groups is 1. The Hall–Kier alpha value is -2.93. The SMILES string of the molecule is CC[C@H](C)c1ccc(NC(=O)C[NH+]2CCN(c3ccc([N+](=O)[O-])cc3)CC2)cc1. The van der Waals surface area contributed by atoms with E-state index in [4.69, 9.17) is 0 Å². The van der Waals surface area contributed by atoms with Crippen LogP contribution in [0, 0.1) is 10.1 Å². The minimum atomic E-state index is -0.387. The summed E-state index contributed by atoms with van der Waals surface area (Å²) < 4.78 is 0. The van der Waals surface area contributed by atoms with Crippen LogP contribution >= 0.6 is 0 Å². The van der Waals surface area contributed by atoms with Gasteiger partial charge in [-0.2, -0.15) is 0 Å². The third kappa shape index (κ3) is 5.54. The zero-order valence-electron chi connectivity index (χ0n) is 17.1. The highest BCUT2D eigenvalue weighted by Crippen LogP contribution is 2.21. The molecule has 7 heteroatoms. The summed E-state index contributed by atoms with van der Waals surface area (Å²) in [4.78, 5) is 26.2. The average Bonchev–Trinajstić information content (AvgIpc) is 2.74. The Kier molecular flexibility index (Phi) is 6.82. The van der Waals surface area contributed by atoms with Crippen molar-refractivity contribution in [3.63, 3.8) is 0 Å². The molecular weight excluding hydrogens is 368 g/mol. The first-order chi connectivity index (χ1) is 14.0. The second-order valence-corrected chi connectivity index (χ2v) is 7.67. The van der Waals surface area contributed by atoms with Crippen LogP contribution in [0.15, 0.2) is 48.5 Å². The molecule has 0 aromatic heterocycles. The van der Waals surface area contributed by atoms with Gasteiger partial charge in [0.1, 0.15) is 0 Å². The molecule has 3 rings (SSSR count). The minimum absolute atomic E-state index is 0.0278. The largest absolute Gasteiger partial charge is 0.360 e. The standard InChI is InChI=1S/C22H28N4O3/c1-3-17(2)18-4-6-19(7-5-18)23-22(27)16-24-12-14-25(15-13-24)20-8-10-21(11-9-20)26(28)29/h4-11,17H,3,12-16H2,1-2H3,(H,23,27)/p+1/t17-/m0/s1. The number of carbonyl (C=O) groups excluding carboxylic acids is 1. The Morgan fingerprint density at radius 2 is 1.76 bits per heavy atom. The van der Waals surface area contributed by atoms with E-state index in [1.54, 1.807) is 12.1 Å². The van der Waals surface area contributed by atoms with E-state index in [0.717, 1.165) is 44.0 Å². The van der Waals surface area contributed by atoms with Crippen LogP contribution in [0.2, 0.25) is 0 Å². The topological polar surface area (TPSA) is 79.9 Å². The van der Waals surface area contributed by atoms with Crippen molar-refractivity contribution in [3.8, 4) is 0 Å². The Bertz CT molecular complexity index is 828. The fourth-order valence-corrected chi connectivity index (χ4v) is 3.61. The van der Waals surface area contributed by atoms with E-state index in [9.17, 15) is 14.9 Å². The number of rotatable bonds is 7. The van der Waals surface area contributed by atoms with E-state index in [0.29, 0.717) is 12.5 Å². The van der Waals surface area contributed by atoms with Crippen LogP contribution in [0.5, 0.6) is 0 Å². The van der Waals surface area contributed by atoms with Crippen molar-refractivity contribution in [2.75, 3.05) is 42.9 Å². The number of quaternary nitrogens is 1. The van der Waals surface area contributed by atoms with Crippen molar-refractivity contribution in [3.05, 3.63) is 64.2 Å². The fraction of sp³-hybridized carbons (Fsp3) is 0.409. The maximum atomic E-state index is 12.4. The molecule has 0 saturated carbocycles. The van der Waals surface area contributed by atoms with Crippen LogP contribution in [0.4, 0.5) is 17.1 Å². The van der Waals surface area contributed by atoms with Crippen molar-refractivity contribution in [1.29, 1.82) is 0 Å². The van der Waals surface area contributed by atoms with Crippen LogP contribution in [0.1, 0.15) is 31.7 Å². The Morgan fingerprint density at radius 1 is 1.14 bits per heavy atom. The van der Waals surface area contributed by atoms with Gasteiger partial charge in [-0.1, -0.05) is 26.0 Å². The molecule has 1 aliphatic heterocycles. The number of amides is 1. The highest BCUT2D eigenvalue weighted by atomic mass is 16.6. The van der Waals surface area contributed by atoms with Crippen LogP contribution in [-0.4, -0.2) is 43.6 Å². The van der Waals surface area contributed by atoms with Crippen LogP contribution in [0.3, 0.4) is 0 Å². The molecule has 0 unspecified atom stereocenters. The molecule has 2 N–H and O–H groups in total. The molecule has 0 radical (unpaired) electrons. The lowest BCUT2D eigenvalue weighted by molar-refractivity contribution is -0.892. The Balaban J connectivity index is 1.46. The average molecular weight is 397 g/mol. The first kappa shape index (κ1) is 20.8.